The lowest BCUT2D eigenvalue weighted by molar-refractivity contribution is -0.123. The molecule has 5 nitrogen and oxygen atoms in total. The molecule has 1 amide bonds. The van der Waals surface area contributed by atoms with Crippen molar-refractivity contribution in [2.75, 3.05) is 0 Å². The minimum atomic E-state index is -0.537. The molecule has 1 heterocycles. The number of rotatable bonds is 5. The summed E-state index contributed by atoms with van der Waals surface area (Å²) in [5.74, 6) is 0.557. The van der Waals surface area contributed by atoms with E-state index in [9.17, 15) is 10.1 Å². The SMILES string of the molecule is N#Cc1ccc(-c2ccc(C[C@@H](C#N)NC(=O)[C@@H]3C[C@H]4CCC[C@@H]4N3)cc2)cc1. The fourth-order valence-corrected chi connectivity index (χ4v) is 4.56. The van der Waals surface area contributed by atoms with Gasteiger partial charge in [0, 0.05) is 12.5 Å². The Balaban J connectivity index is 1.35. The van der Waals surface area contributed by atoms with Crippen LogP contribution in [0.15, 0.2) is 48.5 Å². The van der Waals surface area contributed by atoms with Crippen LogP contribution in [0.5, 0.6) is 0 Å². The highest BCUT2D eigenvalue weighted by Gasteiger charge is 2.39. The van der Waals surface area contributed by atoms with Crippen molar-refractivity contribution in [1.29, 1.82) is 10.5 Å². The molecular formula is C24H24N4O. The van der Waals surface area contributed by atoms with Crippen LogP contribution in [-0.2, 0) is 11.2 Å². The molecule has 0 aromatic heterocycles. The molecule has 2 fully saturated rings. The summed E-state index contributed by atoms with van der Waals surface area (Å²) in [6.45, 7) is 0. The van der Waals surface area contributed by atoms with Crippen molar-refractivity contribution in [1.82, 2.24) is 10.6 Å². The number of benzene rings is 2. The van der Waals surface area contributed by atoms with Gasteiger partial charge >= 0.3 is 0 Å². The maximum Gasteiger partial charge on any atom is 0.238 e. The Labute approximate surface area is 171 Å². The molecule has 2 N–H and O–H groups in total. The Kier molecular flexibility index (Phi) is 5.60. The first-order valence-electron chi connectivity index (χ1n) is 10.2. The molecule has 1 aliphatic heterocycles. The average Bonchev–Trinajstić information content (AvgIpc) is 3.36. The van der Waals surface area contributed by atoms with Crippen molar-refractivity contribution in [2.24, 2.45) is 5.92 Å². The van der Waals surface area contributed by atoms with Gasteiger partial charge in [0.05, 0.1) is 23.7 Å². The van der Waals surface area contributed by atoms with Crippen LogP contribution in [-0.4, -0.2) is 24.0 Å². The van der Waals surface area contributed by atoms with Crippen LogP contribution in [0.3, 0.4) is 0 Å². The first kappa shape index (κ1) is 19.2. The van der Waals surface area contributed by atoms with Gasteiger partial charge in [0.1, 0.15) is 6.04 Å². The van der Waals surface area contributed by atoms with Gasteiger partial charge in [0.2, 0.25) is 5.91 Å². The zero-order valence-corrected chi connectivity index (χ0v) is 16.3. The van der Waals surface area contributed by atoms with Crippen LogP contribution in [0, 0.1) is 28.6 Å². The summed E-state index contributed by atoms with van der Waals surface area (Å²) in [7, 11) is 0. The summed E-state index contributed by atoms with van der Waals surface area (Å²) >= 11 is 0. The number of nitriles is 2. The molecule has 146 valence electrons. The van der Waals surface area contributed by atoms with E-state index in [0.29, 0.717) is 23.9 Å². The van der Waals surface area contributed by atoms with Gasteiger partial charge in [0.15, 0.2) is 0 Å². The van der Waals surface area contributed by atoms with Crippen LogP contribution >= 0.6 is 0 Å². The van der Waals surface area contributed by atoms with Gasteiger partial charge in [0.25, 0.3) is 0 Å². The fourth-order valence-electron chi connectivity index (χ4n) is 4.56. The minimum Gasteiger partial charge on any atom is -0.339 e. The highest BCUT2D eigenvalue weighted by atomic mass is 16.2. The topological polar surface area (TPSA) is 88.7 Å². The number of carbonyl (C=O) groups is 1. The maximum atomic E-state index is 12.6. The van der Waals surface area contributed by atoms with E-state index in [1.54, 1.807) is 12.1 Å². The van der Waals surface area contributed by atoms with Crippen LogP contribution in [0.25, 0.3) is 11.1 Å². The summed E-state index contributed by atoms with van der Waals surface area (Å²) in [6.07, 6.45) is 4.97. The summed E-state index contributed by atoms with van der Waals surface area (Å²) in [5.41, 5.74) is 3.74. The van der Waals surface area contributed by atoms with E-state index in [4.69, 9.17) is 5.26 Å². The predicted molar refractivity (Wildman–Crippen MR) is 111 cm³/mol. The zero-order chi connectivity index (χ0) is 20.2. The third-order valence-electron chi connectivity index (χ3n) is 6.14. The number of amides is 1. The second-order valence-electron chi connectivity index (χ2n) is 8.03. The molecule has 1 saturated heterocycles. The molecule has 29 heavy (non-hydrogen) atoms. The van der Waals surface area contributed by atoms with Crippen LogP contribution in [0.2, 0.25) is 0 Å². The highest BCUT2D eigenvalue weighted by molar-refractivity contribution is 5.82. The van der Waals surface area contributed by atoms with Gasteiger partial charge in [-0.25, -0.2) is 0 Å². The fraction of sp³-hybridized carbons (Fsp3) is 0.375. The van der Waals surface area contributed by atoms with Gasteiger partial charge in [-0.2, -0.15) is 10.5 Å². The largest absolute Gasteiger partial charge is 0.339 e. The standard InChI is InChI=1S/C24H24N4O/c25-14-17-6-10-19(11-7-17)18-8-4-16(5-9-18)12-21(15-26)27-24(29)23-13-20-2-1-3-22(20)28-23/h4-11,20-23,28H,1-3,12-13H2,(H,27,29)/t20-,21+,22+,23+/m1/s1. The van der Waals surface area contributed by atoms with Gasteiger partial charge in [-0.3, -0.25) is 4.79 Å². The molecule has 2 aromatic rings. The molecule has 5 heteroatoms. The Morgan fingerprint density at radius 2 is 1.76 bits per heavy atom. The first-order valence-corrected chi connectivity index (χ1v) is 10.2. The number of nitrogens with one attached hydrogen (secondary N) is 2. The molecule has 1 aliphatic carbocycles. The number of carbonyl (C=O) groups excluding carboxylic acids is 1. The molecule has 0 unspecified atom stereocenters. The molecule has 0 bridgehead atoms. The van der Waals surface area contributed by atoms with Crippen molar-refractivity contribution in [2.45, 2.75) is 50.2 Å². The molecule has 0 spiro atoms. The minimum absolute atomic E-state index is 0.0554. The van der Waals surface area contributed by atoms with Crippen LogP contribution in [0.4, 0.5) is 0 Å². The van der Waals surface area contributed by atoms with Crippen molar-refractivity contribution in [3.8, 4) is 23.3 Å². The summed E-state index contributed by atoms with van der Waals surface area (Å²) in [6, 6.07) is 19.6. The van der Waals surface area contributed by atoms with E-state index in [2.05, 4.69) is 22.8 Å². The predicted octanol–water partition coefficient (Wildman–Crippen LogP) is 3.31. The maximum absolute atomic E-state index is 12.6. The second-order valence-corrected chi connectivity index (χ2v) is 8.03. The third-order valence-corrected chi connectivity index (χ3v) is 6.14. The van der Waals surface area contributed by atoms with Gasteiger partial charge in [-0.15, -0.1) is 0 Å². The Morgan fingerprint density at radius 1 is 1.07 bits per heavy atom. The van der Waals surface area contributed by atoms with E-state index in [-0.39, 0.29) is 11.9 Å². The smallest absolute Gasteiger partial charge is 0.238 e. The first-order chi connectivity index (χ1) is 14.2. The number of hydrogen-bond donors (Lipinski definition) is 2. The lowest BCUT2D eigenvalue weighted by Gasteiger charge is -2.17. The molecule has 1 saturated carbocycles. The Morgan fingerprint density at radius 3 is 2.38 bits per heavy atom. The number of nitrogens with zero attached hydrogens (tertiary/aromatic N) is 2. The van der Waals surface area contributed by atoms with Gasteiger partial charge in [-0.05, 0) is 54.0 Å². The monoisotopic (exact) mass is 384 g/mol. The average molecular weight is 384 g/mol. The molecule has 2 aliphatic rings. The number of fused-ring (bicyclic) bond motifs is 1. The molecule has 2 aromatic carbocycles. The van der Waals surface area contributed by atoms with Crippen LogP contribution in [0.1, 0.15) is 36.8 Å². The van der Waals surface area contributed by atoms with Gasteiger partial charge < -0.3 is 10.6 Å². The van der Waals surface area contributed by atoms with Crippen molar-refractivity contribution in [3.05, 3.63) is 59.7 Å². The number of hydrogen-bond acceptors (Lipinski definition) is 4. The third kappa shape index (κ3) is 4.31. The molecule has 4 atom stereocenters. The van der Waals surface area contributed by atoms with Crippen LogP contribution < -0.4 is 10.6 Å². The lowest BCUT2D eigenvalue weighted by Crippen LogP contribution is -2.46. The second kappa shape index (κ2) is 8.47. The van der Waals surface area contributed by atoms with Crippen molar-refractivity contribution in [3.63, 3.8) is 0 Å². The van der Waals surface area contributed by atoms with E-state index in [1.165, 1.54) is 12.8 Å². The highest BCUT2D eigenvalue weighted by Crippen LogP contribution is 2.34. The Bertz CT molecular complexity index is 940. The lowest BCUT2D eigenvalue weighted by atomic mass is 9.99. The van der Waals surface area contributed by atoms with E-state index < -0.39 is 6.04 Å². The van der Waals surface area contributed by atoms with E-state index >= 15 is 0 Å². The van der Waals surface area contributed by atoms with E-state index in [0.717, 1.165) is 29.5 Å². The van der Waals surface area contributed by atoms with Gasteiger partial charge in [-0.1, -0.05) is 42.8 Å². The summed E-state index contributed by atoms with van der Waals surface area (Å²) < 4.78 is 0. The normalized spacial score (nSPS) is 23.6. The van der Waals surface area contributed by atoms with Crippen molar-refractivity contribution >= 4 is 5.91 Å². The summed E-state index contributed by atoms with van der Waals surface area (Å²) in [4.78, 5) is 12.6. The zero-order valence-electron chi connectivity index (χ0n) is 16.3. The van der Waals surface area contributed by atoms with Crippen molar-refractivity contribution < 1.29 is 4.79 Å². The molecule has 4 rings (SSSR count). The quantitative estimate of drug-likeness (QED) is 0.828. The molecule has 0 radical (unpaired) electrons. The molecular weight excluding hydrogens is 360 g/mol. The Hall–Kier alpha value is -3.15. The van der Waals surface area contributed by atoms with E-state index in [1.807, 2.05) is 36.4 Å². The summed E-state index contributed by atoms with van der Waals surface area (Å²) in [5, 5.41) is 24.8.